The Labute approximate surface area is 191 Å². The van der Waals surface area contributed by atoms with Crippen molar-refractivity contribution in [2.75, 3.05) is 0 Å². The number of rotatable bonds is 9. The molecule has 0 N–H and O–H groups in total. The van der Waals surface area contributed by atoms with Gasteiger partial charge in [0.25, 0.3) is 0 Å². The van der Waals surface area contributed by atoms with E-state index in [0.29, 0.717) is 0 Å². The molecule has 0 saturated heterocycles. The lowest BCUT2D eigenvalue weighted by Crippen LogP contribution is -1.87. The van der Waals surface area contributed by atoms with Crippen molar-refractivity contribution >= 4 is 37.4 Å². The number of hydrogen-bond donors (Lipinski definition) is 0. The van der Waals surface area contributed by atoms with Crippen molar-refractivity contribution < 1.29 is 4.74 Å². The number of aryl methyl sites for hydroxylation is 1. The molecule has 0 atom stereocenters. The molecular weight excluding hydrogens is 452 g/mol. The standard InChI is InChI=1S/C27H27BrOS/c1-2-3-4-5-7-10-20-13-15-21(16-14-20)22-17-18-24-25(19-22)30-27(28)26(24)29-23-11-8-6-9-12-23/h6,8-9,11-19H,2-5,7,10H2,1H3. The molecule has 1 heterocycles. The molecule has 0 bridgehead atoms. The average Bonchev–Trinajstić information content (AvgIpc) is 3.09. The van der Waals surface area contributed by atoms with Gasteiger partial charge in [0, 0.05) is 10.1 Å². The number of hydrogen-bond acceptors (Lipinski definition) is 2. The second-order valence-electron chi connectivity index (χ2n) is 7.69. The van der Waals surface area contributed by atoms with Gasteiger partial charge >= 0.3 is 0 Å². The molecule has 3 aromatic carbocycles. The highest BCUT2D eigenvalue weighted by Gasteiger charge is 2.13. The van der Waals surface area contributed by atoms with Crippen LogP contribution in [0.15, 0.2) is 76.6 Å². The summed E-state index contributed by atoms with van der Waals surface area (Å²) in [5.41, 5.74) is 3.95. The van der Waals surface area contributed by atoms with Gasteiger partial charge in [0.1, 0.15) is 9.54 Å². The van der Waals surface area contributed by atoms with Crippen LogP contribution in [0.5, 0.6) is 11.5 Å². The third-order valence-corrected chi connectivity index (χ3v) is 7.19. The highest BCUT2D eigenvalue weighted by Crippen LogP contribution is 2.44. The zero-order valence-corrected chi connectivity index (χ0v) is 19.8. The van der Waals surface area contributed by atoms with Crippen molar-refractivity contribution in [3.8, 4) is 22.6 Å². The number of para-hydroxylation sites is 1. The predicted molar refractivity (Wildman–Crippen MR) is 134 cm³/mol. The number of halogens is 1. The first-order chi connectivity index (χ1) is 14.7. The molecule has 154 valence electrons. The first kappa shape index (κ1) is 21.1. The fraction of sp³-hybridized carbons (Fsp3) is 0.259. The molecule has 0 aliphatic carbocycles. The molecule has 30 heavy (non-hydrogen) atoms. The van der Waals surface area contributed by atoms with Gasteiger partial charge in [0.2, 0.25) is 0 Å². The van der Waals surface area contributed by atoms with Crippen LogP contribution >= 0.6 is 27.3 Å². The minimum absolute atomic E-state index is 0.854. The Bertz CT molecular complexity index is 1080. The molecule has 0 amide bonds. The quantitative estimate of drug-likeness (QED) is 0.217. The van der Waals surface area contributed by atoms with Gasteiger partial charge in [-0.3, -0.25) is 0 Å². The van der Waals surface area contributed by atoms with Gasteiger partial charge in [-0.25, -0.2) is 0 Å². The van der Waals surface area contributed by atoms with Crippen molar-refractivity contribution in [1.82, 2.24) is 0 Å². The van der Waals surface area contributed by atoms with E-state index in [0.717, 1.165) is 20.7 Å². The molecule has 0 aliphatic heterocycles. The second-order valence-corrected chi connectivity index (χ2v) is 10.1. The molecular formula is C27H27BrOS. The monoisotopic (exact) mass is 478 g/mol. The number of fused-ring (bicyclic) bond motifs is 1. The summed E-state index contributed by atoms with van der Waals surface area (Å²) in [6.45, 7) is 2.27. The van der Waals surface area contributed by atoms with Gasteiger partial charge < -0.3 is 4.74 Å². The average molecular weight is 479 g/mol. The van der Waals surface area contributed by atoms with Gasteiger partial charge in [0.15, 0.2) is 5.75 Å². The zero-order valence-electron chi connectivity index (χ0n) is 17.4. The highest BCUT2D eigenvalue weighted by atomic mass is 79.9. The number of benzene rings is 3. The molecule has 0 fully saturated rings. The third kappa shape index (κ3) is 5.14. The van der Waals surface area contributed by atoms with E-state index in [1.807, 2.05) is 30.3 Å². The van der Waals surface area contributed by atoms with E-state index in [1.54, 1.807) is 11.3 Å². The van der Waals surface area contributed by atoms with E-state index < -0.39 is 0 Å². The lowest BCUT2D eigenvalue weighted by molar-refractivity contribution is 0.487. The van der Waals surface area contributed by atoms with Crippen LogP contribution in [0, 0.1) is 0 Å². The SMILES string of the molecule is CCCCCCCc1ccc(-c2ccc3c(Oc4ccccc4)c(Br)sc3c2)cc1. The molecule has 0 aliphatic rings. The van der Waals surface area contributed by atoms with Crippen LogP contribution in [0.3, 0.4) is 0 Å². The summed E-state index contributed by atoms with van der Waals surface area (Å²) >= 11 is 5.41. The lowest BCUT2D eigenvalue weighted by Gasteiger charge is -2.07. The molecule has 4 rings (SSSR count). The Morgan fingerprint density at radius 3 is 2.30 bits per heavy atom. The zero-order chi connectivity index (χ0) is 20.8. The first-order valence-corrected chi connectivity index (χ1v) is 12.4. The number of unbranched alkanes of at least 4 members (excludes halogenated alkanes) is 4. The molecule has 4 aromatic rings. The molecule has 0 spiro atoms. The van der Waals surface area contributed by atoms with Gasteiger partial charge in [-0.15, -0.1) is 11.3 Å². The molecule has 0 saturated carbocycles. The van der Waals surface area contributed by atoms with Crippen LogP contribution in [-0.2, 0) is 6.42 Å². The Morgan fingerprint density at radius 1 is 0.800 bits per heavy atom. The van der Waals surface area contributed by atoms with Crippen LogP contribution in [0.2, 0.25) is 0 Å². The van der Waals surface area contributed by atoms with E-state index in [9.17, 15) is 0 Å². The van der Waals surface area contributed by atoms with Gasteiger partial charge in [0.05, 0.1) is 0 Å². The van der Waals surface area contributed by atoms with Crippen molar-refractivity contribution in [1.29, 1.82) is 0 Å². The Kier molecular flexibility index (Phi) is 7.24. The molecule has 0 unspecified atom stereocenters. The van der Waals surface area contributed by atoms with E-state index >= 15 is 0 Å². The van der Waals surface area contributed by atoms with Gasteiger partial charge in [-0.2, -0.15) is 0 Å². The maximum absolute atomic E-state index is 6.15. The summed E-state index contributed by atoms with van der Waals surface area (Å²) in [6, 6.07) is 25.7. The minimum atomic E-state index is 0.854. The summed E-state index contributed by atoms with van der Waals surface area (Å²) in [4.78, 5) is 0. The number of thiophene rings is 1. The van der Waals surface area contributed by atoms with Gasteiger partial charge in [-0.05, 0) is 69.7 Å². The summed E-state index contributed by atoms with van der Waals surface area (Å²) in [5, 5.41) is 1.14. The van der Waals surface area contributed by atoms with Crippen LogP contribution in [0.1, 0.15) is 44.6 Å². The fourth-order valence-corrected chi connectivity index (χ4v) is 5.43. The molecule has 1 aromatic heterocycles. The summed E-state index contributed by atoms with van der Waals surface area (Å²) in [6.07, 6.45) is 7.84. The smallest absolute Gasteiger partial charge is 0.160 e. The van der Waals surface area contributed by atoms with Crippen molar-refractivity contribution in [3.63, 3.8) is 0 Å². The Balaban J connectivity index is 1.48. The Morgan fingerprint density at radius 2 is 1.53 bits per heavy atom. The minimum Gasteiger partial charge on any atom is -0.455 e. The predicted octanol–water partition coefficient (Wildman–Crippen LogP) is 9.64. The van der Waals surface area contributed by atoms with E-state index in [4.69, 9.17) is 4.74 Å². The van der Waals surface area contributed by atoms with E-state index in [1.165, 1.54) is 59.9 Å². The van der Waals surface area contributed by atoms with Crippen LogP contribution < -0.4 is 4.74 Å². The third-order valence-electron chi connectivity index (χ3n) is 5.42. The molecule has 3 heteroatoms. The van der Waals surface area contributed by atoms with E-state index in [2.05, 4.69) is 65.3 Å². The van der Waals surface area contributed by atoms with Crippen LogP contribution in [0.4, 0.5) is 0 Å². The topological polar surface area (TPSA) is 9.23 Å². The summed E-state index contributed by atoms with van der Waals surface area (Å²) in [5.74, 6) is 1.75. The molecule has 1 nitrogen and oxygen atoms in total. The maximum Gasteiger partial charge on any atom is 0.160 e. The summed E-state index contributed by atoms with van der Waals surface area (Å²) in [7, 11) is 0. The highest BCUT2D eigenvalue weighted by molar-refractivity contribution is 9.11. The normalized spacial score (nSPS) is 11.1. The van der Waals surface area contributed by atoms with Crippen molar-refractivity contribution in [3.05, 3.63) is 82.1 Å². The maximum atomic E-state index is 6.15. The van der Waals surface area contributed by atoms with Gasteiger partial charge in [-0.1, -0.05) is 81.1 Å². The number of ether oxygens (including phenoxy) is 1. The largest absolute Gasteiger partial charge is 0.455 e. The lowest BCUT2D eigenvalue weighted by atomic mass is 10.0. The summed E-state index contributed by atoms with van der Waals surface area (Å²) < 4.78 is 8.40. The van der Waals surface area contributed by atoms with E-state index in [-0.39, 0.29) is 0 Å². The first-order valence-electron chi connectivity index (χ1n) is 10.8. The fourth-order valence-electron chi connectivity index (χ4n) is 3.72. The Hall–Kier alpha value is -2.10. The van der Waals surface area contributed by atoms with Crippen LogP contribution in [-0.4, -0.2) is 0 Å². The second kappa shape index (κ2) is 10.3. The van der Waals surface area contributed by atoms with Crippen molar-refractivity contribution in [2.24, 2.45) is 0 Å². The van der Waals surface area contributed by atoms with Crippen LogP contribution in [0.25, 0.3) is 21.2 Å². The molecule has 0 radical (unpaired) electrons. The van der Waals surface area contributed by atoms with Crippen molar-refractivity contribution in [2.45, 2.75) is 45.4 Å².